The van der Waals surface area contributed by atoms with Crippen molar-refractivity contribution >= 4 is 11.7 Å². The van der Waals surface area contributed by atoms with Gasteiger partial charge in [-0.3, -0.25) is 4.79 Å². The Bertz CT molecular complexity index is 755. The number of nitrogens with zero attached hydrogens (tertiary/aromatic N) is 5. The first kappa shape index (κ1) is 15.7. The fraction of sp³-hybridized carbons (Fsp3) is 0.571. The van der Waals surface area contributed by atoms with Gasteiger partial charge >= 0.3 is 6.18 Å². The first-order chi connectivity index (χ1) is 10.8. The minimum atomic E-state index is -4.29. The molecule has 1 aliphatic rings. The standard InChI is InChI=1S/C14H16F3N5O/c1-8-6-9(2)22-13(18-8)19-11(20-22)12(23)21-5-3-4-10(7-21)14(15,16)17/h6,10H,3-5,7H2,1-2H3. The summed E-state index contributed by atoms with van der Waals surface area (Å²) in [4.78, 5) is 21.9. The van der Waals surface area contributed by atoms with Crippen LogP contribution >= 0.6 is 0 Å². The molecule has 23 heavy (non-hydrogen) atoms. The number of amides is 1. The van der Waals surface area contributed by atoms with E-state index in [1.54, 1.807) is 19.9 Å². The van der Waals surface area contributed by atoms with Gasteiger partial charge in [-0.1, -0.05) is 0 Å². The third-order valence-corrected chi connectivity index (χ3v) is 3.98. The molecule has 0 spiro atoms. The minimum absolute atomic E-state index is 0.0474. The molecule has 3 heterocycles. The largest absolute Gasteiger partial charge is 0.393 e. The summed E-state index contributed by atoms with van der Waals surface area (Å²) in [6.45, 7) is 3.53. The Morgan fingerprint density at radius 1 is 1.30 bits per heavy atom. The van der Waals surface area contributed by atoms with Crippen LogP contribution in [0.2, 0.25) is 0 Å². The molecule has 0 radical (unpaired) electrons. The average Bonchev–Trinajstić information content (AvgIpc) is 2.90. The van der Waals surface area contributed by atoms with E-state index >= 15 is 0 Å². The van der Waals surface area contributed by atoms with Crippen LogP contribution in [0.3, 0.4) is 0 Å². The molecule has 0 bridgehead atoms. The van der Waals surface area contributed by atoms with Gasteiger partial charge in [0, 0.05) is 24.5 Å². The zero-order chi connectivity index (χ0) is 16.8. The highest BCUT2D eigenvalue weighted by molar-refractivity contribution is 5.91. The zero-order valence-electron chi connectivity index (χ0n) is 12.8. The average molecular weight is 327 g/mol. The zero-order valence-corrected chi connectivity index (χ0v) is 12.8. The van der Waals surface area contributed by atoms with Gasteiger partial charge in [0.1, 0.15) is 0 Å². The van der Waals surface area contributed by atoms with Crippen molar-refractivity contribution in [1.29, 1.82) is 0 Å². The molecule has 0 aromatic carbocycles. The van der Waals surface area contributed by atoms with E-state index in [0.29, 0.717) is 6.42 Å². The number of likely N-dealkylation sites (tertiary alicyclic amines) is 1. The van der Waals surface area contributed by atoms with Crippen molar-refractivity contribution in [2.24, 2.45) is 5.92 Å². The Kier molecular flexibility index (Phi) is 3.73. The molecule has 3 rings (SSSR count). The second-order valence-electron chi connectivity index (χ2n) is 5.82. The fourth-order valence-corrected chi connectivity index (χ4v) is 2.83. The smallest absolute Gasteiger partial charge is 0.335 e. The summed E-state index contributed by atoms with van der Waals surface area (Å²) in [6.07, 6.45) is -3.92. The van der Waals surface area contributed by atoms with Crippen LogP contribution in [0.5, 0.6) is 0 Å². The molecular formula is C14H16F3N5O. The second-order valence-corrected chi connectivity index (χ2v) is 5.82. The number of hydrogen-bond donors (Lipinski definition) is 0. The predicted octanol–water partition coefficient (Wildman–Crippen LogP) is 2.16. The van der Waals surface area contributed by atoms with Gasteiger partial charge in [-0.05, 0) is 32.8 Å². The van der Waals surface area contributed by atoms with Gasteiger partial charge in [-0.15, -0.1) is 5.10 Å². The van der Waals surface area contributed by atoms with E-state index in [1.165, 1.54) is 9.42 Å². The Morgan fingerprint density at radius 2 is 2.04 bits per heavy atom. The molecule has 1 aliphatic heterocycles. The van der Waals surface area contributed by atoms with E-state index in [9.17, 15) is 18.0 Å². The fourth-order valence-electron chi connectivity index (χ4n) is 2.83. The molecule has 1 atom stereocenters. The lowest BCUT2D eigenvalue weighted by atomic mass is 9.97. The van der Waals surface area contributed by atoms with Crippen LogP contribution in [-0.2, 0) is 0 Å². The maximum Gasteiger partial charge on any atom is 0.393 e. The van der Waals surface area contributed by atoms with E-state index in [4.69, 9.17) is 0 Å². The highest BCUT2D eigenvalue weighted by Crippen LogP contribution is 2.33. The van der Waals surface area contributed by atoms with Crippen molar-refractivity contribution in [3.05, 3.63) is 23.3 Å². The Balaban J connectivity index is 1.87. The summed E-state index contributed by atoms with van der Waals surface area (Å²) in [5.74, 6) is -1.91. The van der Waals surface area contributed by atoms with Crippen LogP contribution in [0.15, 0.2) is 6.07 Å². The van der Waals surface area contributed by atoms with Gasteiger partial charge in [0.15, 0.2) is 0 Å². The molecule has 9 heteroatoms. The molecule has 2 aromatic heterocycles. The highest BCUT2D eigenvalue weighted by atomic mass is 19.4. The lowest BCUT2D eigenvalue weighted by Crippen LogP contribution is -2.44. The van der Waals surface area contributed by atoms with E-state index in [-0.39, 0.29) is 31.1 Å². The normalized spacial score (nSPS) is 19.3. The number of piperidine rings is 1. The molecule has 1 saturated heterocycles. The van der Waals surface area contributed by atoms with E-state index in [1.807, 2.05) is 0 Å². The number of aromatic nitrogens is 4. The van der Waals surface area contributed by atoms with E-state index in [2.05, 4.69) is 15.1 Å². The Labute approximate surface area is 130 Å². The van der Waals surface area contributed by atoms with Gasteiger partial charge in [0.25, 0.3) is 11.7 Å². The maximum absolute atomic E-state index is 12.9. The number of rotatable bonds is 1. The van der Waals surface area contributed by atoms with Crippen molar-refractivity contribution in [2.75, 3.05) is 13.1 Å². The number of halogens is 3. The van der Waals surface area contributed by atoms with Gasteiger partial charge in [-0.25, -0.2) is 9.50 Å². The molecule has 1 amide bonds. The Hall–Kier alpha value is -2.19. The molecule has 6 nitrogen and oxygen atoms in total. The van der Waals surface area contributed by atoms with Crippen LogP contribution in [-0.4, -0.2) is 49.7 Å². The molecule has 2 aromatic rings. The van der Waals surface area contributed by atoms with Gasteiger partial charge in [0.05, 0.1) is 5.92 Å². The summed E-state index contributed by atoms with van der Waals surface area (Å²) < 4.78 is 40.0. The molecule has 1 fully saturated rings. The van der Waals surface area contributed by atoms with Crippen molar-refractivity contribution in [3.63, 3.8) is 0 Å². The van der Waals surface area contributed by atoms with Gasteiger partial charge < -0.3 is 4.90 Å². The van der Waals surface area contributed by atoms with Gasteiger partial charge in [0.2, 0.25) is 5.82 Å². The first-order valence-corrected chi connectivity index (χ1v) is 7.32. The van der Waals surface area contributed by atoms with E-state index in [0.717, 1.165) is 11.4 Å². The monoisotopic (exact) mass is 327 g/mol. The highest BCUT2D eigenvalue weighted by Gasteiger charge is 2.43. The topological polar surface area (TPSA) is 63.4 Å². The lowest BCUT2D eigenvalue weighted by Gasteiger charge is -2.33. The van der Waals surface area contributed by atoms with Crippen molar-refractivity contribution in [2.45, 2.75) is 32.9 Å². The number of alkyl halides is 3. The number of carbonyl (C=O) groups excluding carboxylic acids is 1. The third kappa shape index (κ3) is 2.99. The predicted molar refractivity (Wildman–Crippen MR) is 74.9 cm³/mol. The minimum Gasteiger partial charge on any atom is -0.335 e. The second kappa shape index (κ2) is 5.47. The SMILES string of the molecule is Cc1cc(C)n2nc(C(=O)N3CCCC(C(F)(F)F)C3)nc2n1. The summed E-state index contributed by atoms with van der Waals surface area (Å²) in [5, 5.41) is 4.09. The van der Waals surface area contributed by atoms with Crippen molar-refractivity contribution in [1.82, 2.24) is 24.5 Å². The molecule has 0 aliphatic carbocycles. The lowest BCUT2D eigenvalue weighted by molar-refractivity contribution is -0.184. The first-order valence-electron chi connectivity index (χ1n) is 7.32. The molecule has 0 N–H and O–H groups in total. The summed E-state index contributed by atoms with van der Waals surface area (Å²) >= 11 is 0. The summed E-state index contributed by atoms with van der Waals surface area (Å²) in [5.41, 5.74) is 1.49. The van der Waals surface area contributed by atoms with E-state index < -0.39 is 18.0 Å². The van der Waals surface area contributed by atoms with Crippen LogP contribution in [0, 0.1) is 19.8 Å². The van der Waals surface area contributed by atoms with Crippen LogP contribution < -0.4 is 0 Å². The maximum atomic E-state index is 12.9. The Morgan fingerprint density at radius 3 is 2.74 bits per heavy atom. The van der Waals surface area contributed by atoms with Crippen LogP contribution in [0.1, 0.15) is 34.8 Å². The molecule has 0 saturated carbocycles. The number of carbonyl (C=O) groups is 1. The molecule has 1 unspecified atom stereocenters. The molecular weight excluding hydrogens is 311 g/mol. The van der Waals surface area contributed by atoms with Crippen molar-refractivity contribution in [3.8, 4) is 0 Å². The third-order valence-electron chi connectivity index (χ3n) is 3.98. The quantitative estimate of drug-likeness (QED) is 0.805. The van der Waals surface area contributed by atoms with Gasteiger partial charge in [-0.2, -0.15) is 18.2 Å². The number of fused-ring (bicyclic) bond motifs is 1. The summed E-state index contributed by atoms with van der Waals surface area (Å²) in [7, 11) is 0. The molecule has 124 valence electrons. The summed E-state index contributed by atoms with van der Waals surface area (Å²) in [6, 6.07) is 1.79. The van der Waals surface area contributed by atoms with Crippen LogP contribution in [0.25, 0.3) is 5.78 Å². The van der Waals surface area contributed by atoms with Crippen molar-refractivity contribution < 1.29 is 18.0 Å². The number of aryl methyl sites for hydroxylation is 2. The van der Waals surface area contributed by atoms with Crippen LogP contribution in [0.4, 0.5) is 13.2 Å². The number of hydrogen-bond acceptors (Lipinski definition) is 4.